The number of benzene rings is 2. The Bertz CT molecular complexity index is 722. The number of aryl methyl sites for hydroxylation is 1. The van der Waals surface area contributed by atoms with Crippen LogP contribution in [0.15, 0.2) is 72.0 Å². The van der Waals surface area contributed by atoms with E-state index in [0.29, 0.717) is 0 Å². The Labute approximate surface area is 112 Å². The highest BCUT2D eigenvalue weighted by molar-refractivity contribution is 5.95. The van der Waals surface area contributed by atoms with Gasteiger partial charge in [-0.25, -0.2) is 4.57 Å². The number of rotatable bonds is 2. The quantitative estimate of drug-likeness (QED) is 0.487. The number of nitrogens with zero attached hydrogens (tertiary/aromatic N) is 2. The van der Waals surface area contributed by atoms with Crippen molar-refractivity contribution in [3.63, 3.8) is 0 Å². The van der Waals surface area contributed by atoms with Crippen molar-refractivity contribution < 1.29 is 4.57 Å². The molecule has 2 aromatic carbocycles. The molecule has 2 nitrogen and oxygen atoms in total. The standard InChI is InChI=1S/C17H15N2/c1-19-11-9-14(10-12-19)13-18-17-8-4-6-15-5-2-3-7-16(15)17/h2-13H,1H3/q+1. The average molecular weight is 247 g/mol. The zero-order valence-electron chi connectivity index (χ0n) is 10.8. The van der Waals surface area contributed by atoms with Crippen LogP contribution in [0.25, 0.3) is 10.8 Å². The Kier molecular flexibility index (Phi) is 3.07. The molecule has 0 bridgehead atoms. The molecule has 0 radical (unpaired) electrons. The maximum absolute atomic E-state index is 4.60. The van der Waals surface area contributed by atoms with Gasteiger partial charge in [-0.3, -0.25) is 4.99 Å². The first kappa shape index (κ1) is 11.6. The molecule has 0 aliphatic carbocycles. The van der Waals surface area contributed by atoms with Gasteiger partial charge in [0.15, 0.2) is 12.4 Å². The van der Waals surface area contributed by atoms with Crippen LogP contribution in [0.3, 0.4) is 0 Å². The van der Waals surface area contributed by atoms with Crippen LogP contribution in [0.5, 0.6) is 0 Å². The smallest absolute Gasteiger partial charge is 0.169 e. The Morgan fingerprint density at radius 3 is 2.47 bits per heavy atom. The fourth-order valence-electron chi connectivity index (χ4n) is 2.06. The summed E-state index contributed by atoms with van der Waals surface area (Å²) in [5, 5.41) is 2.40. The minimum Gasteiger partial charge on any atom is -0.256 e. The van der Waals surface area contributed by atoms with E-state index in [1.54, 1.807) is 0 Å². The summed E-state index contributed by atoms with van der Waals surface area (Å²) in [4.78, 5) is 4.60. The monoisotopic (exact) mass is 247 g/mol. The van der Waals surface area contributed by atoms with Crippen LogP contribution in [0.1, 0.15) is 5.56 Å². The molecule has 0 aliphatic rings. The van der Waals surface area contributed by atoms with Crippen LogP contribution in [0, 0.1) is 0 Å². The fraction of sp³-hybridized carbons (Fsp3) is 0.0588. The maximum Gasteiger partial charge on any atom is 0.169 e. The van der Waals surface area contributed by atoms with Crippen molar-refractivity contribution in [2.45, 2.75) is 0 Å². The second-order valence-corrected chi connectivity index (χ2v) is 4.55. The lowest BCUT2D eigenvalue weighted by Gasteiger charge is -2.00. The molecule has 0 saturated carbocycles. The summed E-state index contributed by atoms with van der Waals surface area (Å²) in [6, 6.07) is 18.6. The van der Waals surface area contributed by atoms with Crippen molar-refractivity contribution in [3.8, 4) is 0 Å². The second kappa shape index (κ2) is 5.02. The van der Waals surface area contributed by atoms with Crippen molar-refractivity contribution in [2.24, 2.45) is 12.0 Å². The lowest BCUT2D eigenvalue weighted by Crippen LogP contribution is -2.25. The van der Waals surface area contributed by atoms with Gasteiger partial charge in [0.2, 0.25) is 0 Å². The van der Waals surface area contributed by atoms with Gasteiger partial charge in [-0.15, -0.1) is 0 Å². The summed E-state index contributed by atoms with van der Waals surface area (Å²) >= 11 is 0. The van der Waals surface area contributed by atoms with Crippen LogP contribution in [0.2, 0.25) is 0 Å². The van der Waals surface area contributed by atoms with Crippen LogP contribution >= 0.6 is 0 Å². The number of hydrogen-bond donors (Lipinski definition) is 0. The fourth-order valence-corrected chi connectivity index (χ4v) is 2.06. The third-order valence-electron chi connectivity index (χ3n) is 3.12. The van der Waals surface area contributed by atoms with Crippen molar-refractivity contribution in [1.29, 1.82) is 0 Å². The largest absolute Gasteiger partial charge is 0.256 e. The molecule has 92 valence electrons. The lowest BCUT2D eigenvalue weighted by molar-refractivity contribution is -0.671. The van der Waals surface area contributed by atoms with Crippen LogP contribution in [0.4, 0.5) is 5.69 Å². The van der Waals surface area contributed by atoms with Crippen molar-refractivity contribution in [2.75, 3.05) is 0 Å². The summed E-state index contributed by atoms with van der Waals surface area (Å²) in [6.07, 6.45) is 5.94. The van der Waals surface area contributed by atoms with E-state index in [-0.39, 0.29) is 0 Å². The van der Waals surface area contributed by atoms with Crippen LogP contribution in [-0.4, -0.2) is 6.21 Å². The number of aromatic nitrogens is 1. The summed E-state index contributed by atoms with van der Waals surface area (Å²) in [5.74, 6) is 0. The first-order chi connectivity index (χ1) is 9.33. The third-order valence-corrected chi connectivity index (χ3v) is 3.12. The molecule has 2 heteroatoms. The minimum atomic E-state index is 1.01. The van der Waals surface area contributed by atoms with E-state index in [9.17, 15) is 0 Å². The maximum atomic E-state index is 4.60. The molecule has 3 aromatic rings. The molecule has 19 heavy (non-hydrogen) atoms. The molecule has 0 atom stereocenters. The molecule has 1 heterocycles. The minimum absolute atomic E-state index is 1.01. The summed E-state index contributed by atoms with van der Waals surface area (Å²) in [7, 11) is 2.01. The summed E-state index contributed by atoms with van der Waals surface area (Å²) < 4.78 is 2.01. The van der Waals surface area contributed by atoms with Gasteiger partial charge < -0.3 is 0 Å². The van der Waals surface area contributed by atoms with Crippen molar-refractivity contribution >= 4 is 22.7 Å². The van der Waals surface area contributed by atoms with Crippen molar-refractivity contribution in [3.05, 3.63) is 72.6 Å². The third kappa shape index (κ3) is 2.52. The highest BCUT2D eigenvalue weighted by atomic mass is 14.9. The molecule has 0 spiro atoms. The predicted octanol–water partition coefficient (Wildman–Crippen LogP) is 3.41. The zero-order valence-corrected chi connectivity index (χ0v) is 10.8. The molecule has 0 aliphatic heterocycles. The molecule has 3 rings (SSSR count). The number of fused-ring (bicyclic) bond motifs is 1. The van der Waals surface area contributed by atoms with E-state index in [1.807, 2.05) is 54.5 Å². The molecular formula is C17H15N2+. The second-order valence-electron chi connectivity index (χ2n) is 4.55. The number of aliphatic imine (C=N–C) groups is 1. The van der Waals surface area contributed by atoms with E-state index in [2.05, 4.69) is 35.3 Å². The molecule has 0 amide bonds. The summed E-state index contributed by atoms with van der Waals surface area (Å²) in [5.41, 5.74) is 2.11. The molecule has 0 unspecified atom stereocenters. The van der Waals surface area contributed by atoms with E-state index < -0.39 is 0 Å². The number of pyridine rings is 1. The van der Waals surface area contributed by atoms with E-state index in [0.717, 1.165) is 11.3 Å². The van der Waals surface area contributed by atoms with Gasteiger partial charge in [0.1, 0.15) is 7.05 Å². The molecule has 0 saturated heterocycles. The van der Waals surface area contributed by atoms with Gasteiger partial charge in [-0.1, -0.05) is 36.4 Å². The van der Waals surface area contributed by atoms with E-state index in [4.69, 9.17) is 0 Å². The first-order valence-corrected chi connectivity index (χ1v) is 6.30. The van der Waals surface area contributed by atoms with Gasteiger partial charge in [-0.05, 0) is 11.5 Å². The summed E-state index contributed by atoms with van der Waals surface area (Å²) in [6.45, 7) is 0. The highest BCUT2D eigenvalue weighted by Crippen LogP contribution is 2.25. The molecular weight excluding hydrogens is 232 g/mol. The Balaban J connectivity index is 1.99. The van der Waals surface area contributed by atoms with E-state index in [1.165, 1.54) is 10.8 Å². The Morgan fingerprint density at radius 2 is 1.63 bits per heavy atom. The number of hydrogen-bond acceptors (Lipinski definition) is 1. The van der Waals surface area contributed by atoms with Gasteiger partial charge in [0.05, 0.1) is 5.69 Å². The van der Waals surface area contributed by atoms with Crippen LogP contribution < -0.4 is 4.57 Å². The van der Waals surface area contributed by atoms with Crippen molar-refractivity contribution in [1.82, 2.24) is 0 Å². The molecule has 0 N–H and O–H groups in total. The van der Waals surface area contributed by atoms with E-state index >= 15 is 0 Å². The average Bonchev–Trinajstić information content (AvgIpc) is 2.47. The first-order valence-electron chi connectivity index (χ1n) is 6.30. The van der Waals surface area contributed by atoms with Gasteiger partial charge in [0, 0.05) is 29.3 Å². The molecule has 1 aromatic heterocycles. The molecule has 0 fully saturated rings. The normalized spacial score (nSPS) is 11.2. The van der Waals surface area contributed by atoms with Gasteiger partial charge in [-0.2, -0.15) is 0 Å². The highest BCUT2D eigenvalue weighted by Gasteiger charge is 1.98. The zero-order chi connectivity index (χ0) is 13.1. The Morgan fingerprint density at radius 1 is 0.895 bits per heavy atom. The van der Waals surface area contributed by atoms with Gasteiger partial charge >= 0.3 is 0 Å². The Hall–Kier alpha value is -2.48. The van der Waals surface area contributed by atoms with Gasteiger partial charge in [0.25, 0.3) is 0 Å². The predicted molar refractivity (Wildman–Crippen MR) is 78.8 cm³/mol. The SMILES string of the molecule is C[n+]1ccc(C=Nc2cccc3ccccc23)cc1. The topological polar surface area (TPSA) is 16.2 Å². The lowest BCUT2D eigenvalue weighted by atomic mass is 10.1. The van der Waals surface area contributed by atoms with Crippen LogP contribution in [-0.2, 0) is 7.05 Å².